The van der Waals surface area contributed by atoms with E-state index >= 15 is 0 Å². The molecule has 0 aliphatic heterocycles. The van der Waals surface area contributed by atoms with E-state index in [4.69, 9.17) is 4.42 Å². The van der Waals surface area contributed by atoms with Crippen LogP contribution in [0.4, 0.5) is 8.78 Å². The summed E-state index contributed by atoms with van der Waals surface area (Å²) in [6.07, 6.45) is 1.70. The fourth-order valence-electron chi connectivity index (χ4n) is 2.75. The summed E-state index contributed by atoms with van der Waals surface area (Å²) >= 11 is 0. The minimum absolute atomic E-state index is 0.0634. The molecule has 0 spiro atoms. The van der Waals surface area contributed by atoms with Crippen LogP contribution in [0, 0.1) is 17.6 Å². The van der Waals surface area contributed by atoms with E-state index in [0.29, 0.717) is 18.9 Å². The molecule has 0 fully saturated rings. The maximum atomic E-state index is 14.5. The first-order valence-electron chi connectivity index (χ1n) is 6.89. The lowest BCUT2D eigenvalue weighted by molar-refractivity contribution is -0.110. The summed E-state index contributed by atoms with van der Waals surface area (Å²) < 4.78 is 34.3. The predicted octanol–water partition coefficient (Wildman–Crippen LogP) is 2.12. The molecular formula is C15H16F2N2O2. The Hall–Kier alpha value is -1.82. The SMILES string of the molecule is CN(C)CCc1nc2c(F)c3c(c(F)c2o1)CC(C=O)C3. The molecule has 21 heavy (non-hydrogen) atoms. The number of aldehydes is 1. The Labute approximate surface area is 120 Å². The molecule has 0 bridgehead atoms. The zero-order valence-electron chi connectivity index (χ0n) is 11.9. The first kappa shape index (κ1) is 14.1. The van der Waals surface area contributed by atoms with Gasteiger partial charge < -0.3 is 14.1 Å². The molecular weight excluding hydrogens is 278 g/mol. The van der Waals surface area contributed by atoms with Crippen molar-refractivity contribution < 1.29 is 18.0 Å². The van der Waals surface area contributed by atoms with Gasteiger partial charge in [0.15, 0.2) is 23.1 Å². The van der Waals surface area contributed by atoms with Crippen molar-refractivity contribution >= 4 is 17.4 Å². The zero-order chi connectivity index (χ0) is 15.1. The molecule has 2 aromatic rings. The standard InChI is InChI=1S/C15H16F2N2O2/c1-19(2)4-3-11-18-14-12(16)9-5-8(7-20)6-10(9)13(17)15(14)21-11/h7-8H,3-6H2,1-2H3. The Morgan fingerprint density at radius 3 is 2.57 bits per heavy atom. The number of carbonyl (C=O) groups excluding carboxylic acids is 1. The second-order valence-corrected chi connectivity index (χ2v) is 5.73. The number of hydrogen-bond donors (Lipinski definition) is 0. The first-order chi connectivity index (χ1) is 10.0. The highest BCUT2D eigenvalue weighted by Crippen LogP contribution is 2.36. The van der Waals surface area contributed by atoms with E-state index in [9.17, 15) is 13.6 Å². The predicted molar refractivity (Wildman–Crippen MR) is 73.1 cm³/mol. The molecule has 1 atom stereocenters. The van der Waals surface area contributed by atoms with Gasteiger partial charge in [0.2, 0.25) is 0 Å². The van der Waals surface area contributed by atoms with Gasteiger partial charge in [0, 0.05) is 18.9 Å². The molecule has 0 N–H and O–H groups in total. The number of rotatable bonds is 4. The van der Waals surface area contributed by atoms with Crippen LogP contribution >= 0.6 is 0 Å². The van der Waals surface area contributed by atoms with Crippen LogP contribution in [0.15, 0.2) is 4.42 Å². The lowest BCUT2D eigenvalue weighted by Gasteiger charge is -2.05. The molecule has 0 radical (unpaired) electrons. The molecule has 1 unspecified atom stereocenters. The summed E-state index contributed by atoms with van der Waals surface area (Å²) in [5.41, 5.74) is 0.329. The van der Waals surface area contributed by atoms with E-state index in [2.05, 4.69) is 4.98 Å². The van der Waals surface area contributed by atoms with Gasteiger partial charge in [0.25, 0.3) is 0 Å². The van der Waals surface area contributed by atoms with Crippen molar-refractivity contribution in [2.24, 2.45) is 5.92 Å². The summed E-state index contributed by atoms with van der Waals surface area (Å²) in [7, 11) is 3.80. The summed E-state index contributed by atoms with van der Waals surface area (Å²) in [6, 6.07) is 0. The van der Waals surface area contributed by atoms with Gasteiger partial charge in [-0.25, -0.2) is 13.8 Å². The number of aromatic nitrogens is 1. The molecule has 0 saturated carbocycles. The van der Waals surface area contributed by atoms with E-state index in [-0.39, 0.29) is 41.0 Å². The molecule has 1 aromatic carbocycles. The zero-order valence-corrected chi connectivity index (χ0v) is 11.9. The largest absolute Gasteiger partial charge is 0.437 e. The van der Waals surface area contributed by atoms with Crippen LogP contribution in [0.1, 0.15) is 17.0 Å². The number of nitrogens with zero attached hydrogens (tertiary/aromatic N) is 2. The van der Waals surface area contributed by atoms with E-state index in [1.54, 1.807) is 0 Å². The number of oxazole rings is 1. The lowest BCUT2D eigenvalue weighted by atomic mass is 10.1. The van der Waals surface area contributed by atoms with Crippen molar-refractivity contribution in [1.82, 2.24) is 9.88 Å². The molecule has 0 saturated heterocycles. The Morgan fingerprint density at radius 2 is 1.95 bits per heavy atom. The van der Waals surface area contributed by atoms with Crippen molar-refractivity contribution in [3.63, 3.8) is 0 Å². The normalized spacial score (nSPS) is 17.7. The second-order valence-electron chi connectivity index (χ2n) is 5.73. The fourth-order valence-corrected chi connectivity index (χ4v) is 2.75. The monoisotopic (exact) mass is 294 g/mol. The highest BCUT2D eigenvalue weighted by atomic mass is 19.1. The third kappa shape index (κ3) is 2.33. The van der Waals surface area contributed by atoms with Gasteiger partial charge in [-0.1, -0.05) is 0 Å². The van der Waals surface area contributed by atoms with Crippen molar-refractivity contribution in [1.29, 1.82) is 0 Å². The number of halogens is 2. The van der Waals surface area contributed by atoms with E-state index in [1.807, 2.05) is 19.0 Å². The number of hydrogen-bond acceptors (Lipinski definition) is 4. The van der Waals surface area contributed by atoms with Gasteiger partial charge >= 0.3 is 0 Å². The molecule has 4 nitrogen and oxygen atoms in total. The quantitative estimate of drug-likeness (QED) is 0.810. The molecule has 0 amide bonds. The van der Waals surface area contributed by atoms with E-state index in [1.165, 1.54) is 0 Å². The molecule has 112 valence electrons. The van der Waals surface area contributed by atoms with Gasteiger partial charge in [-0.2, -0.15) is 0 Å². The van der Waals surface area contributed by atoms with Crippen molar-refractivity contribution in [3.8, 4) is 0 Å². The fraction of sp³-hybridized carbons (Fsp3) is 0.467. The van der Waals surface area contributed by atoms with E-state index < -0.39 is 11.6 Å². The number of fused-ring (bicyclic) bond motifs is 2. The highest BCUT2D eigenvalue weighted by molar-refractivity contribution is 5.78. The molecule has 3 rings (SSSR count). The Balaban J connectivity index is 2.06. The maximum Gasteiger partial charge on any atom is 0.197 e. The molecule has 1 heterocycles. The van der Waals surface area contributed by atoms with Gasteiger partial charge in [-0.15, -0.1) is 0 Å². The minimum atomic E-state index is -0.575. The van der Waals surface area contributed by atoms with Crippen LogP contribution in [0.25, 0.3) is 11.1 Å². The van der Waals surface area contributed by atoms with Crippen molar-refractivity contribution in [3.05, 3.63) is 28.7 Å². The van der Waals surface area contributed by atoms with Gasteiger partial charge in [-0.05, 0) is 38.1 Å². The van der Waals surface area contributed by atoms with Gasteiger partial charge in [0.05, 0.1) is 0 Å². The smallest absolute Gasteiger partial charge is 0.197 e. The van der Waals surface area contributed by atoms with Gasteiger partial charge in [0.1, 0.15) is 11.8 Å². The Bertz CT molecular complexity index is 660. The Morgan fingerprint density at radius 1 is 1.29 bits per heavy atom. The van der Waals surface area contributed by atoms with Crippen LogP contribution in [-0.4, -0.2) is 36.8 Å². The highest BCUT2D eigenvalue weighted by Gasteiger charge is 2.31. The number of benzene rings is 1. The summed E-state index contributed by atoms with van der Waals surface area (Å²) in [4.78, 5) is 16.9. The third-order valence-electron chi connectivity index (χ3n) is 3.87. The van der Waals surface area contributed by atoms with Gasteiger partial charge in [-0.3, -0.25) is 0 Å². The van der Waals surface area contributed by atoms with Crippen molar-refractivity contribution in [2.75, 3.05) is 20.6 Å². The van der Waals surface area contributed by atoms with Crippen molar-refractivity contribution in [2.45, 2.75) is 19.3 Å². The van der Waals surface area contributed by atoms with Crippen LogP contribution < -0.4 is 0 Å². The molecule has 6 heteroatoms. The summed E-state index contributed by atoms with van der Waals surface area (Å²) in [5, 5.41) is 0. The van der Waals surface area contributed by atoms with Crippen LogP contribution in [0.3, 0.4) is 0 Å². The molecule has 1 aliphatic carbocycles. The van der Waals surface area contributed by atoms with Crippen LogP contribution in [-0.2, 0) is 24.1 Å². The van der Waals surface area contributed by atoms with Crippen LogP contribution in [0.2, 0.25) is 0 Å². The topological polar surface area (TPSA) is 46.3 Å². The summed E-state index contributed by atoms with van der Waals surface area (Å²) in [6.45, 7) is 0.684. The first-order valence-corrected chi connectivity index (χ1v) is 6.89. The maximum absolute atomic E-state index is 14.5. The third-order valence-corrected chi connectivity index (χ3v) is 3.87. The average Bonchev–Trinajstić information content (AvgIpc) is 3.07. The Kier molecular flexibility index (Phi) is 3.49. The molecule has 1 aromatic heterocycles. The second kappa shape index (κ2) is 5.18. The lowest BCUT2D eigenvalue weighted by Crippen LogP contribution is -2.15. The van der Waals surface area contributed by atoms with Crippen LogP contribution in [0.5, 0.6) is 0 Å². The minimum Gasteiger partial charge on any atom is -0.437 e. The number of carbonyl (C=O) groups is 1. The van der Waals surface area contributed by atoms with E-state index in [0.717, 1.165) is 6.29 Å². The summed E-state index contributed by atoms with van der Waals surface area (Å²) in [5.74, 6) is -1.16. The number of likely N-dealkylation sites (N-methyl/N-ethyl adjacent to an activating group) is 1. The average molecular weight is 294 g/mol. The molecule has 1 aliphatic rings.